The first kappa shape index (κ1) is 14.7. The highest BCUT2D eigenvalue weighted by Crippen LogP contribution is 2.25. The van der Waals surface area contributed by atoms with E-state index in [2.05, 4.69) is 36.5 Å². The lowest BCUT2D eigenvalue weighted by Crippen LogP contribution is -2.41. The number of ether oxygens (including phenoxy) is 1. The summed E-state index contributed by atoms with van der Waals surface area (Å²) in [4.78, 5) is 11.5. The van der Waals surface area contributed by atoms with Crippen LogP contribution >= 0.6 is 0 Å². The normalized spacial score (nSPS) is 14.0. The van der Waals surface area contributed by atoms with Crippen LogP contribution in [0.1, 0.15) is 38.3 Å². The second kappa shape index (κ2) is 6.55. The summed E-state index contributed by atoms with van der Waals surface area (Å²) in [5.41, 5.74) is 2.05. The predicted octanol–water partition coefficient (Wildman–Crippen LogP) is 2.64. The topological polar surface area (TPSA) is 38.3 Å². The highest BCUT2D eigenvalue weighted by molar-refractivity contribution is 5.71. The largest absolute Gasteiger partial charge is 0.469 e. The van der Waals surface area contributed by atoms with Crippen molar-refractivity contribution < 1.29 is 9.53 Å². The van der Waals surface area contributed by atoms with Crippen molar-refractivity contribution in [2.45, 2.75) is 39.2 Å². The number of nitrogens with one attached hydrogen (secondary N) is 1. The SMILES string of the molecule is CCNC(C)(CC(=O)OC)c1ccc(CC)cc1. The van der Waals surface area contributed by atoms with Crippen LogP contribution in [0.2, 0.25) is 0 Å². The minimum Gasteiger partial charge on any atom is -0.469 e. The zero-order valence-electron chi connectivity index (χ0n) is 11.7. The lowest BCUT2D eigenvalue weighted by molar-refractivity contribution is -0.142. The van der Waals surface area contributed by atoms with Gasteiger partial charge in [0.2, 0.25) is 0 Å². The van der Waals surface area contributed by atoms with Crippen molar-refractivity contribution in [2.75, 3.05) is 13.7 Å². The van der Waals surface area contributed by atoms with Gasteiger partial charge in [0.25, 0.3) is 0 Å². The number of methoxy groups -OCH3 is 1. The van der Waals surface area contributed by atoms with E-state index in [0.717, 1.165) is 18.5 Å². The molecule has 0 spiro atoms. The maximum absolute atomic E-state index is 11.5. The first-order valence-electron chi connectivity index (χ1n) is 6.47. The van der Waals surface area contributed by atoms with Gasteiger partial charge in [-0.15, -0.1) is 0 Å². The number of rotatable bonds is 6. The minimum absolute atomic E-state index is 0.196. The number of benzene rings is 1. The van der Waals surface area contributed by atoms with Crippen LogP contribution in [0.3, 0.4) is 0 Å². The fourth-order valence-electron chi connectivity index (χ4n) is 2.13. The molecule has 1 N–H and O–H groups in total. The Bertz CT molecular complexity index is 386. The summed E-state index contributed by atoms with van der Waals surface area (Å²) in [5.74, 6) is -0.196. The van der Waals surface area contributed by atoms with Gasteiger partial charge >= 0.3 is 5.97 Å². The predicted molar refractivity (Wildman–Crippen MR) is 73.5 cm³/mol. The van der Waals surface area contributed by atoms with Crippen molar-refractivity contribution >= 4 is 5.97 Å². The Labute approximate surface area is 110 Å². The van der Waals surface area contributed by atoms with Crippen LogP contribution in [0.15, 0.2) is 24.3 Å². The molecule has 1 aromatic carbocycles. The van der Waals surface area contributed by atoms with Gasteiger partial charge in [-0.2, -0.15) is 0 Å². The van der Waals surface area contributed by atoms with E-state index in [1.165, 1.54) is 12.7 Å². The molecule has 0 aliphatic carbocycles. The number of aryl methyl sites for hydroxylation is 1. The molecule has 0 radical (unpaired) electrons. The fourth-order valence-corrected chi connectivity index (χ4v) is 2.13. The Morgan fingerprint density at radius 1 is 1.28 bits per heavy atom. The molecular weight excluding hydrogens is 226 g/mol. The molecule has 1 unspecified atom stereocenters. The van der Waals surface area contributed by atoms with Crippen LogP contribution in [0.5, 0.6) is 0 Å². The Kier molecular flexibility index (Phi) is 5.35. The molecule has 0 amide bonds. The highest BCUT2D eigenvalue weighted by atomic mass is 16.5. The number of carbonyl (C=O) groups excluding carboxylic acids is 1. The number of esters is 1. The van der Waals surface area contributed by atoms with Gasteiger partial charge in [0.15, 0.2) is 0 Å². The molecule has 0 saturated heterocycles. The highest BCUT2D eigenvalue weighted by Gasteiger charge is 2.28. The summed E-state index contributed by atoms with van der Waals surface area (Å²) in [6.45, 7) is 7.01. The Balaban J connectivity index is 2.97. The molecule has 3 nitrogen and oxygen atoms in total. The van der Waals surface area contributed by atoms with Crippen molar-refractivity contribution in [1.29, 1.82) is 0 Å². The van der Waals surface area contributed by atoms with E-state index in [1.807, 2.05) is 13.8 Å². The third-order valence-corrected chi connectivity index (χ3v) is 3.29. The van der Waals surface area contributed by atoms with Gasteiger partial charge in [0, 0.05) is 0 Å². The summed E-state index contributed by atoms with van der Waals surface area (Å²) < 4.78 is 4.78. The quantitative estimate of drug-likeness (QED) is 0.788. The first-order valence-corrected chi connectivity index (χ1v) is 6.47. The second-order valence-corrected chi connectivity index (χ2v) is 4.67. The molecule has 18 heavy (non-hydrogen) atoms. The lowest BCUT2D eigenvalue weighted by atomic mass is 9.88. The smallest absolute Gasteiger partial charge is 0.307 e. The molecule has 0 heterocycles. The monoisotopic (exact) mass is 249 g/mol. The van der Waals surface area contributed by atoms with Gasteiger partial charge in [-0.3, -0.25) is 4.79 Å². The van der Waals surface area contributed by atoms with Gasteiger partial charge in [0.1, 0.15) is 0 Å². The van der Waals surface area contributed by atoms with Crippen LogP contribution < -0.4 is 5.32 Å². The van der Waals surface area contributed by atoms with Crippen molar-refractivity contribution in [3.8, 4) is 0 Å². The Hall–Kier alpha value is -1.35. The molecule has 0 bridgehead atoms. The van der Waals surface area contributed by atoms with Gasteiger partial charge in [-0.25, -0.2) is 0 Å². The van der Waals surface area contributed by atoms with Crippen LogP contribution in [0.4, 0.5) is 0 Å². The number of carbonyl (C=O) groups is 1. The van der Waals surface area contributed by atoms with Crippen LogP contribution in [-0.4, -0.2) is 19.6 Å². The third-order valence-electron chi connectivity index (χ3n) is 3.29. The van der Waals surface area contributed by atoms with Gasteiger partial charge in [0.05, 0.1) is 19.1 Å². The van der Waals surface area contributed by atoms with Crippen LogP contribution in [-0.2, 0) is 21.5 Å². The molecule has 1 aromatic rings. The van der Waals surface area contributed by atoms with E-state index in [0.29, 0.717) is 6.42 Å². The molecular formula is C15H23NO2. The minimum atomic E-state index is -0.367. The van der Waals surface area contributed by atoms with Crippen LogP contribution in [0, 0.1) is 0 Å². The molecule has 100 valence electrons. The molecule has 0 aliphatic heterocycles. The average molecular weight is 249 g/mol. The molecule has 0 fully saturated rings. The first-order chi connectivity index (χ1) is 8.55. The zero-order valence-corrected chi connectivity index (χ0v) is 11.7. The van der Waals surface area contributed by atoms with Gasteiger partial charge in [-0.1, -0.05) is 38.1 Å². The molecule has 0 aliphatic rings. The maximum atomic E-state index is 11.5. The molecule has 1 rings (SSSR count). The molecule has 3 heteroatoms. The van der Waals surface area contributed by atoms with E-state index in [-0.39, 0.29) is 11.5 Å². The Morgan fingerprint density at radius 3 is 2.33 bits per heavy atom. The summed E-state index contributed by atoms with van der Waals surface area (Å²) in [6, 6.07) is 8.40. The van der Waals surface area contributed by atoms with E-state index < -0.39 is 0 Å². The zero-order chi connectivity index (χ0) is 13.6. The van der Waals surface area contributed by atoms with Gasteiger partial charge in [-0.05, 0) is 31.0 Å². The third kappa shape index (κ3) is 3.57. The number of hydrogen-bond donors (Lipinski definition) is 1. The summed E-state index contributed by atoms with van der Waals surface area (Å²) in [5, 5.41) is 3.38. The summed E-state index contributed by atoms with van der Waals surface area (Å²) in [7, 11) is 1.43. The van der Waals surface area contributed by atoms with Gasteiger partial charge < -0.3 is 10.1 Å². The van der Waals surface area contributed by atoms with Crippen molar-refractivity contribution in [3.63, 3.8) is 0 Å². The van der Waals surface area contributed by atoms with E-state index in [1.54, 1.807) is 0 Å². The van der Waals surface area contributed by atoms with E-state index >= 15 is 0 Å². The molecule has 0 saturated carbocycles. The fraction of sp³-hybridized carbons (Fsp3) is 0.533. The standard InChI is InChI=1S/C15H23NO2/c1-5-12-7-9-13(10-8-12)15(3,16-6-2)11-14(17)18-4/h7-10,16H,5-6,11H2,1-4H3. The average Bonchev–Trinajstić information content (AvgIpc) is 2.39. The summed E-state index contributed by atoms with van der Waals surface area (Å²) >= 11 is 0. The molecule has 0 aromatic heterocycles. The summed E-state index contributed by atoms with van der Waals surface area (Å²) in [6.07, 6.45) is 1.36. The van der Waals surface area contributed by atoms with Crippen molar-refractivity contribution in [2.24, 2.45) is 0 Å². The maximum Gasteiger partial charge on any atom is 0.307 e. The Morgan fingerprint density at radius 2 is 1.89 bits per heavy atom. The second-order valence-electron chi connectivity index (χ2n) is 4.67. The van der Waals surface area contributed by atoms with Crippen molar-refractivity contribution in [1.82, 2.24) is 5.32 Å². The van der Waals surface area contributed by atoms with Crippen LogP contribution in [0.25, 0.3) is 0 Å². The molecule has 1 atom stereocenters. The lowest BCUT2D eigenvalue weighted by Gasteiger charge is -2.30. The number of hydrogen-bond acceptors (Lipinski definition) is 3. The van der Waals surface area contributed by atoms with E-state index in [9.17, 15) is 4.79 Å². The van der Waals surface area contributed by atoms with E-state index in [4.69, 9.17) is 4.74 Å². The van der Waals surface area contributed by atoms with Crippen molar-refractivity contribution in [3.05, 3.63) is 35.4 Å².